The fourth-order valence-corrected chi connectivity index (χ4v) is 4.60. The molecule has 12 heteroatoms. The fourth-order valence-electron chi connectivity index (χ4n) is 3.42. The van der Waals surface area contributed by atoms with Gasteiger partial charge in [-0.05, 0) is 44.2 Å². The molecule has 4 aromatic rings. The smallest absolute Gasteiger partial charge is 0.275 e. The molecule has 0 saturated heterocycles. The number of sulfonamides is 1. The third kappa shape index (κ3) is 4.23. The summed E-state index contributed by atoms with van der Waals surface area (Å²) < 4.78 is 66.5. The number of fused-ring (bicyclic) bond motifs is 1. The molecule has 1 unspecified atom stereocenters. The highest BCUT2D eigenvalue weighted by Crippen LogP contribution is 2.35. The summed E-state index contributed by atoms with van der Waals surface area (Å²) in [6.45, 7) is 2.59. The van der Waals surface area contributed by atoms with Crippen LogP contribution in [0.3, 0.4) is 0 Å². The molecule has 0 bridgehead atoms. The fraction of sp³-hybridized carbons (Fsp3) is 0.182. The Hall–Kier alpha value is -3.82. The molecule has 1 N–H and O–H groups in total. The molecule has 1 atom stereocenters. The Balaban J connectivity index is 1.87. The number of nitrogens with one attached hydrogen (secondary N) is 1. The summed E-state index contributed by atoms with van der Waals surface area (Å²) in [6.07, 6.45) is -0.721. The summed E-state index contributed by atoms with van der Waals surface area (Å²) in [7, 11) is -4.48. The van der Waals surface area contributed by atoms with Gasteiger partial charge in [0.05, 0.1) is 22.5 Å². The molecule has 0 aliphatic carbocycles. The third-order valence-corrected chi connectivity index (χ3v) is 6.62. The van der Waals surface area contributed by atoms with Gasteiger partial charge in [-0.1, -0.05) is 11.6 Å². The second-order valence-electron chi connectivity index (χ2n) is 7.50. The first-order valence-electron chi connectivity index (χ1n) is 9.91. The van der Waals surface area contributed by atoms with Crippen LogP contribution in [-0.4, -0.2) is 40.2 Å². The van der Waals surface area contributed by atoms with Gasteiger partial charge >= 0.3 is 6.18 Å². The molecule has 0 aliphatic heterocycles. The van der Waals surface area contributed by atoms with Gasteiger partial charge in [0.15, 0.2) is 0 Å². The van der Waals surface area contributed by atoms with Crippen LogP contribution in [0.2, 0.25) is 0 Å². The molecule has 0 fully saturated rings. The lowest BCUT2D eigenvalue weighted by atomic mass is 10.1. The Morgan fingerprint density at radius 1 is 1.12 bits per heavy atom. The van der Waals surface area contributed by atoms with Crippen molar-refractivity contribution >= 4 is 20.9 Å². The predicted molar refractivity (Wildman–Crippen MR) is 117 cm³/mol. The van der Waals surface area contributed by atoms with Crippen LogP contribution in [-0.2, 0) is 10.0 Å². The van der Waals surface area contributed by atoms with E-state index in [1.165, 1.54) is 18.5 Å². The molecule has 0 aliphatic rings. The standard InChI is InChI=1S/C22H17F3N6O2S/c1-13-4-7-19-16(10-13)17(11-26)20(31(19)21-27-8-3-9-28-21)18-6-5-15(12-29-18)34(32,33)30-14(2)22(23,24)25/h3-10,12,14,30H,1-2H3. The van der Waals surface area contributed by atoms with E-state index in [0.717, 1.165) is 17.8 Å². The lowest BCUT2D eigenvalue weighted by Crippen LogP contribution is -2.42. The maximum atomic E-state index is 12.8. The predicted octanol–water partition coefficient (Wildman–Crippen LogP) is 3.89. The molecule has 1 aromatic carbocycles. The minimum Gasteiger partial charge on any atom is -0.275 e. The Kier molecular flexibility index (Phi) is 5.84. The molecule has 3 aromatic heterocycles. The maximum Gasteiger partial charge on any atom is 0.404 e. The Labute approximate surface area is 192 Å². The van der Waals surface area contributed by atoms with Crippen molar-refractivity contribution in [3.05, 3.63) is 66.1 Å². The molecule has 8 nitrogen and oxygen atoms in total. The van der Waals surface area contributed by atoms with Gasteiger partial charge in [0.1, 0.15) is 17.0 Å². The Morgan fingerprint density at radius 3 is 2.41 bits per heavy atom. The number of hydrogen-bond acceptors (Lipinski definition) is 6. The molecular weight excluding hydrogens is 469 g/mol. The monoisotopic (exact) mass is 486 g/mol. The first-order valence-corrected chi connectivity index (χ1v) is 11.4. The number of alkyl halides is 3. The van der Waals surface area contributed by atoms with E-state index < -0.39 is 27.1 Å². The van der Waals surface area contributed by atoms with Crippen LogP contribution in [0, 0.1) is 18.3 Å². The number of nitrogens with zero attached hydrogens (tertiary/aromatic N) is 5. The minimum absolute atomic E-state index is 0.223. The molecule has 0 amide bonds. The highest BCUT2D eigenvalue weighted by atomic mass is 32.2. The highest BCUT2D eigenvalue weighted by molar-refractivity contribution is 7.89. The van der Waals surface area contributed by atoms with E-state index in [1.54, 1.807) is 15.4 Å². The van der Waals surface area contributed by atoms with Crippen LogP contribution >= 0.6 is 0 Å². The Morgan fingerprint density at radius 2 is 1.82 bits per heavy atom. The van der Waals surface area contributed by atoms with Crippen LogP contribution in [0.5, 0.6) is 0 Å². The van der Waals surface area contributed by atoms with E-state index in [2.05, 4.69) is 21.0 Å². The number of aromatic nitrogens is 4. The number of halogens is 3. The Bertz CT molecular complexity index is 1510. The van der Waals surface area contributed by atoms with Crippen molar-refractivity contribution in [1.82, 2.24) is 24.2 Å². The molecule has 174 valence electrons. The number of pyridine rings is 1. The lowest BCUT2D eigenvalue weighted by Gasteiger charge is -2.17. The van der Waals surface area contributed by atoms with E-state index in [-0.39, 0.29) is 17.2 Å². The molecule has 0 radical (unpaired) electrons. The molecule has 3 heterocycles. The second kappa shape index (κ2) is 8.51. The van der Waals surface area contributed by atoms with Gasteiger partial charge in [0.2, 0.25) is 16.0 Å². The first kappa shape index (κ1) is 23.3. The zero-order valence-electron chi connectivity index (χ0n) is 17.9. The summed E-state index contributed by atoms with van der Waals surface area (Å²) in [5.41, 5.74) is 2.39. The van der Waals surface area contributed by atoms with Gasteiger partial charge in [0.25, 0.3) is 0 Å². The van der Waals surface area contributed by atoms with Gasteiger partial charge < -0.3 is 0 Å². The molecule has 0 spiro atoms. The third-order valence-electron chi connectivity index (χ3n) is 5.10. The largest absolute Gasteiger partial charge is 0.404 e. The molecule has 34 heavy (non-hydrogen) atoms. The summed E-state index contributed by atoms with van der Waals surface area (Å²) >= 11 is 0. The van der Waals surface area contributed by atoms with Crippen molar-refractivity contribution in [2.24, 2.45) is 0 Å². The van der Waals surface area contributed by atoms with Crippen LogP contribution in [0.25, 0.3) is 28.2 Å². The number of aryl methyl sites for hydroxylation is 1. The normalized spacial score (nSPS) is 13.1. The number of hydrogen-bond donors (Lipinski definition) is 1. The topological polar surface area (TPSA) is 114 Å². The van der Waals surface area contributed by atoms with E-state index in [0.29, 0.717) is 23.5 Å². The van der Waals surface area contributed by atoms with Crippen LogP contribution in [0.4, 0.5) is 13.2 Å². The van der Waals surface area contributed by atoms with Crippen LogP contribution in [0.1, 0.15) is 18.1 Å². The summed E-state index contributed by atoms with van der Waals surface area (Å²) in [5, 5.41) is 10.6. The zero-order valence-corrected chi connectivity index (χ0v) is 18.7. The summed E-state index contributed by atoms with van der Waals surface area (Å²) in [4.78, 5) is 12.3. The number of benzene rings is 1. The SMILES string of the molecule is Cc1ccc2c(c1)c(C#N)c(-c1ccc(S(=O)(=O)NC(C)C(F)(F)F)cn1)n2-c1ncccn1. The van der Waals surface area contributed by atoms with E-state index in [4.69, 9.17) is 0 Å². The van der Waals surface area contributed by atoms with Gasteiger partial charge in [-0.3, -0.25) is 9.55 Å². The van der Waals surface area contributed by atoms with E-state index in [9.17, 15) is 26.9 Å². The van der Waals surface area contributed by atoms with Crippen molar-refractivity contribution in [3.8, 4) is 23.4 Å². The second-order valence-corrected chi connectivity index (χ2v) is 9.22. The summed E-state index contributed by atoms with van der Waals surface area (Å²) in [6, 6.07) is 9.50. The van der Waals surface area contributed by atoms with Gasteiger partial charge in [-0.2, -0.15) is 23.2 Å². The average Bonchev–Trinajstić information content (AvgIpc) is 3.12. The van der Waals surface area contributed by atoms with Gasteiger partial charge in [-0.25, -0.2) is 18.4 Å². The van der Waals surface area contributed by atoms with Gasteiger partial charge in [0, 0.05) is 24.0 Å². The number of rotatable bonds is 5. The van der Waals surface area contributed by atoms with Crippen molar-refractivity contribution < 1.29 is 21.6 Å². The molecule has 4 rings (SSSR count). The lowest BCUT2D eigenvalue weighted by molar-refractivity contribution is -0.147. The summed E-state index contributed by atoms with van der Waals surface area (Å²) in [5.74, 6) is 0.270. The molecule has 0 saturated carbocycles. The minimum atomic E-state index is -4.74. The number of nitriles is 1. The first-order chi connectivity index (χ1) is 16.0. The molecular formula is C22H17F3N6O2S. The van der Waals surface area contributed by atoms with Gasteiger partial charge in [-0.15, -0.1) is 0 Å². The van der Waals surface area contributed by atoms with Crippen molar-refractivity contribution in [3.63, 3.8) is 0 Å². The van der Waals surface area contributed by atoms with Crippen LogP contribution in [0.15, 0.2) is 59.9 Å². The van der Waals surface area contributed by atoms with Crippen molar-refractivity contribution in [2.75, 3.05) is 0 Å². The zero-order chi connectivity index (χ0) is 24.7. The van der Waals surface area contributed by atoms with Crippen LogP contribution < -0.4 is 4.72 Å². The highest BCUT2D eigenvalue weighted by Gasteiger charge is 2.39. The van der Waals surface area contributed by atoms with E-state index >= 15 is 0 Å². The van der Waals surface area contributed by atoms with Crippen molar-refractivity contribution in [2.45, 2.75) is 31.0 Å². The van der Waals surface area contributed by atoms with Crippen molar-refractivity contribution in [1.29, 1.82) is 5.26 Å². The quantitative estimate of drug-likeness (QED) is 0.458. The van der Waals surface area contributed by atoms with E-state index in [1.807, 2.05) is 25.1 Å². The average molecular weight is 486 g/mol. The maximum absolute atomic E-state index is 12.8.